The summed E-state index contributed by atoms with van der Waals surface area (Å²) in [7, 11) is 0. The van der Waals surface area contributed by atoms with Crippen LogP contribution >= 0.6 is 0 Å². The van der Waals surface area contributed by atoms with Crippen molar-refractivity contribution in [2.45, 2.75) is 129 Å². The second-order valence-electron chi connectivity index (χ2n) is 18.9. The van der Waals surface area contributed by atoms with E-state index in [1.54, 1.807) is 0 Å². The molecular formula is C50H60N2O8. The van der Waals surface area contributed by atoms with Crippen molar-refractivity contribution >= 4 is 45.3 Å². The highest BCUT2D eigenvalue weighted by Gasteiger charge is 2.59. The fourth-order valence-corrected chi connectivity index (χ4v) is 10.9. The monoisotopic (exact) mass is 816 g/mol. The third-order valence-electron chi connectivity index (χ3n) is 13.6. The Labute approximate surface area is 353 Å². The zero-order valence-electron chi connectivity index (χ0n) is 36.4. The summed E-state index contributed by atoms with van der Waals surface area (Å²) in [6.45, 7) is 17.3. The maximum Gasteiger partial charge on any atom is 0.311 e. The van der Waals surface area contributed by atoms with Crippen molar-refractivity contribution in [3.05, 3.63) is 83.9 Å². The van der Waals surface area contributed by atoms with Gasteiger partial charge in [-0.2, -0.15) is 0 Å². The molecule has 0 radical (unpaired) electrons. The van der Waals surface area contributed by atoms with E-state index in [1.165, 1.54) is 0 Å². The van der Waals surface area contributed by atoms with Crippen LogP contribution in [0, 0.1) is 23.7 Å². The molecule has 4 heterocycles. The minimum Gasteiger partial charge on any atom is -0.426 e. The SMILES string of the molecule is CC(C)[C@H]1C(=O)N2[C@H](COC2(C)C)[C@H]1c1ccc(OC(=O)CCCCCCC(=O)Oc2ccc([C@H]3[C@@H](C(C)C)C(=O)N4[C@@H]3COC4(C)C)c3ccccc23)c2ccccc12. The fourth-order valence-electron chi connectivity index (χ4n) is 10.9. The Hall–Kier alpha value is -4.80. The number of carbonyl (C=O) groups excluding carboxylic acids is 4. The number of esters is 2. The molecule has 4 aromatic carbocycles. The second-order valence-corrected chi connectivity index (χ2v) is 18.9. The smallest absolute Gasteiger partial charge is 0.311 e. The van der Waals surface area contributed by atoms with E-state index in [0.717, 1.165) is 45.5 Å². The van der Waals surface area contributed by atoms with Crippen LogP contribution < -0.4 is 9.47 Å². The lowest BCUT2D eigenvalue weighted by molar-refractivity contribution is -0.147. The van der Waals surface area contributed by atoms with Gasteiger partial charge in [0.05, 0.1) is 25.3 Å². The average Bonchev–Trinajstić information content (AvgIpc) is 3.90. The standard InChI is InChI=1S/C50H60N2O8/c1-29(2)43-45(37-27-57-49(5,6)51(37)47(43)55)35-23-25-39(33-19-15-13-17-31(33)35)59-41(53)21-11-9-10-12-22-42(54)60-40-26-24-36(32-18-14-16-20-34(32)40)46-38-28-58-50(7,8)52(38)48(56)44(46)30(3)4/h13-20,23-26,29-30,37-38,43-46H,9-12,21-22,27-28H2,1-8H3/t37-,38-,43-,44-,45-,46-/m1/s1. The van der Waals surface area contributed by atoms with Crippen LogP contribution in [0.2, 0.25) is 0 Å². The first-order chi connectivity index (χ1) is 28.6. The molecule has 0 aromatic heterocycles. The number of unbranched alkanes of at least 4 members (excludes halogenated alkanes) is 3. The first kappa shape index (κ1) is 41.9. The third kappa shape index (κ3) is 7.37. The molecule has 6 atom stereocenters. The number of amides is 2. The number of hydrogen-bond donors (Lipinski definition) is 0. The highest BCUT2D eigenvalue weighted by molar-refractivity contribution is 5.96. The molecule has 0 bridgehead atoms. The number of carbonyl (C=O) groups is 4. The van der Waals surface area contributed by atoms with Crippen LogP contribution in [0.4, 0.5) is 0 Å². The largest absolute Gasteiger partial charge is 0.426 e. The first-order valence-corrected chi connectivity index (χ1v) is 22.0. The summed E-state index contributed by atoms with van der Waals surface area (Å²) in [6.07, 6.45) is 3.37. The van der Waals surface area contributed by atoms with Crippen molar-refractivity contribution in [2.75, 3.05) is 13.2 Å². The third-order valence-corrected chi connectivity index (χ3v) is 13.6. The summed E-state index contributed by atoms with van der Waals surface area (Å²) in [4.78, 5) is 57.6. The summed E-state index contributed by atoms with van der Waals surface area (Å²) in [5, 5.41) is 3.67. The average molecular weight is 817 g/mol. The van der Waals surface area contributed by atoms with E-state index in [1.807, 2.05) is 98.2 Å². The van der Waals surface area contributed by atoms with Gasteiger partial charge in [-0.05, 0) is 86.4 Å². The van der Waals surface area contributed by atoms with Gasteiger partial charge in [0.25, 0.3) is 0 Å². The van der Waals surface area contributed by atoms with Crippen molar-refractivity contribution in [1.82, 2.24) is 9.80 Å². The summed E-state index contributed by atoms with van der Waals surface area (Å²) >= 11 is 0. The summed E-state index contributed by atoms with van der Waals surface area (Å²) in [5.41, 5.74) is 0.865. The molecule has 60 heavy (non-hydrogen) atoms. The Morgan fingerprint density at radius 3 is 1.32 bits per heavy atom. The van der Waals surface area contributed by atoms with Gasteiger partial charge in [0.15, 0.2) is 0 Å². The molecule has 4 aromatic rings. The Morgan fingerprint density at radius 2 is 0.950 bits per heavy atom. The second kappa shape index (κ2) is 16.2. The molecule has 4 aliphatic heterocycles. The predicted octanol–water partition coefficient (Wildman–Crippen LogP) is 9.51. The molecule has 0 N–H and O–H groups in total. The van der Waals surface area contributed by atoms with E-state index in [0.29, 0.717) is 37.6 Å². The summed E-state index contributed by atoms with van der Waals surface area (Å²) < 4.78 is 24.1. The number of nitrogens with zero attached hydrogens (tertiary/aromatic N) is 2. The van der Waals surface area contributed by atoms with E-state index in [2.05, 4.69) is 39.8 Å². The Kier molecular flexibility index (Phi) is 11.3. The molecule has 10 heteroatoms. The number of fused-ring (bicyclic) bond motifs is 4. The molecular weight excluding hydrogens is 757 g/mol. The van der Waals surface area contributed by atoms with Crippen LogP contribution in [0.1, 0.15) is 117 Å². The lowest BCUT2D eigenvalue weighted by Gasteiger charge is -2.30. The summed E-state index contributed by atoms with van der Waals surface area (Å²) in [6, 6.07) is 23.6. The highest BCUT2D eigenvalue weighted by atomic mass is 16.5. The summed E-state index contributed by atoms with van der Waals surface area (Å²) in [5.74, 6) is 0.604. The number of hydrogen-bond acceptors (Lipinski definition) is 8. The van der Waals surface area contributed by atoms with E-state index in [9.17, 15) is 19.2 Å². The van der Waals surface area contributed by atoms with Crippen molar-refractivity contribution in [1.29, 1.82) is 0 Å². The van der Waals surface area contributed by atoms with Crippen LogP contribution in [0.25, 0.3) is 21.5 Å². The fraction of sp³-hybridized carbons (Fsp3) is 0.520. The van der Waals surface area contributed by atoms with Gasteiger partial charge in [-0.15, -0.1) is 0 Å². The molecule has 0 unspecified atom stereocenters. The number of benzene rings is 4. The molecule has 0 aliphatic carbocycles. The van der Waals surface area contributed by atoms with Gasteiger partial charge in [0, 0.05) is 47.3 Å². The van der Waals surface area contributed by atoms with Gasteiger partial charge in [-0.1, -0.05) is 101 Å². The molecule has 4 aliphatic rings. The lowest BCUT2D eigenvalue weighted by atomic mass is 9.77. The van der Waals surface area contributed by atoms with Crippen LogP contribution in [0.3, 0.4) is 0 Å². The quantitative estimate of drug-likeness (QED) is 0.0746. The van der Waals surface area contributed by atoms with E-state index in [-0.39, 0.29) is 84.2 Å². The molecule has 4 saturated heterocycles. The van der Waals surface area contributed by atoms with Crippen molar-refractivity contribution in [2.24, 2.45) is 23.7 Å². The van der Waals surface area contributed by atoms with Gasteiger partial charge in [-0.25, -0.2) is 0 Å². The maximum absolute atomic E-state index is 13.8. The predicted molar refractivity (Wildman–Crippen MR) is 230 cm³/mol. The van der Waals surface area contributed by atoms with E-state index < -0.39 is 11.4 Å². The van der Waals surface area contributed by atoms with Gasteiger partial charge in [0.2, 0.25) is 11.8 Å². The van der Waals surface area contributed by atoms with Gasteiger partial charge >= 0.3 is 11.9 Å². The normalized spacial score (nSPS) is 25.5. The zero-order chi connectivity index (χ0) is 42.7. The molecule has 2 amide bonds. The highest BCUT2D eigenvalue weighted by Crippen LogP contribution is 2.52. The Balaban J connectivity index is 0.853. The molecule has 0 spiro atoms. The van der Waals surface area contributed by atoms with Gasteiger partial charge in [0.1, 0.15) is 22.9 Å². The Morgan fingerprint density at radius 1 is 0.583 bits per heavy atom. The molecule has 318 valence electrons. The first-order valence-electron chi connectivity index (χ1n) is 22.0. The topological polar surface area (TPSA) is 112 Å². The number of rotatable bonds is 13. The number of ether oxygens (including phenoxy) is 4. The van der Waals surface area contributed by atoms with E-state index in [4.69, 9.17) is 18.9 Å². The van der Waals surface area contributed by atoms with Crippen LogP contribution in [-0.2, 0) is 28.7 Å². The Bertz CT molecular complexity index is 2150. The van der Waals surface area contributed by atoms with Crippen LogP contribution in [0.5, 0.6) is 11.5 Å². The lowest BCUT2D eigenvalue weighted by Crippen LogP contribution is -2.44. The van der Waals surface area contributed by atoms with E-state index >= 15 is 0 Å². The zero-order valence-corrected chi connectivity index (χ0v) is 36.4. The molecule has 4 fully saturated rings. The molecule has 8 rings (SSSR count). The minimum atomic E-state index is -0.648. The van der Waals surface area contributed by atoms with Crippen LogP contribution in [-0.4, -0.2) is 70.3 Å². The molecule has 10 nitrogen and oxygen atoms in total. The van der Waals surface area contributed by atoms with Crippen molar-refractivity contribution < 1.29 is 38.1 Å². The van der Waals surface area contributed by atoms with Gasteiger partial charge < -0.3 is 28.7 Å². The molecule has 0 saturated carbocycles. The van der Waals surface area contributed by atoms with Crippen molar-refractivity contribution in [3.8, 4) is 11.5 Å². The maximum atomic E-state index is 13.8. The minimum absolute atomic E-state index is 0.0411. The van der Waals surface area contributed by atoms with Gasteiger partial charge in [-0.3, -0.25) is 19.2 Å². The van der Waals surface area contributed by atoms with Crippen LogP contribution in [0.15, 0.2) is 72.8 Å². The van der Waals surface area contributed by atoms with Crippen molar-refractivity contribution in [3.63, 3.8) is 0 Å².